The summed E-state index contributed by atoms with van der Waals surface area (Å²) in [6.07, 6.45) is 4.55. The van der Waals surface area contributed by atoms with Crippen molar-refractivity contribution in [3.05, 3.63) is 23.8 Å². The Hall–Kier alpha value is -1.71. The summed E-state index contributed by atoms with van der Waals surface area (Å²) in [5, 5.41) is 0. The number of nitrogens with two attached hydrogens (primary N) is 2. The van der Waals surface area contributed by atoms with Gasteiger partial charge < -0.3 is 16.4 Å². The average molecular weight is 275 g/mol. The van der Waals surface area contributed by atoms with E-state index >= 15 is 0 Å². The van der Waals surface area contributed by atoms with E-state index in [-0.39, 0.29) is 5.91 Å². The molecule has 4 N–H and O–H groups in total. The summed E-state index contributed by atoms with van der Waals surface area (Å²) in [5.74, 6) is 0.0308. The number of carbonyl (C=O) groups excluding carboxylic acids is 1. The third-order valence-corrected chi connectivity index (χ3v) is 4.92. The van der Waals surface area contributed by atoms with Gasteiger partial charge in [0.2, 0.25) is 0 Å². The number of amides is 1. The lowest BCUT2D eigenvalue weighted by atomic mass is 9.74. The number of nitrogen functional groups attached to an aromatic ring is 2. The van der Waals surface area contributed by atoms with Crippen LogP contribution >= 0.6 is 0 Å². The van der Waals surface area contributed by atoms with Gasteiger partial charge >= 0.3 is 0 Å². The summed E-state index contributed by atoms with van der Waals surface area (Å²) in [5.41, 5.74) is 13.6. The van der Waals surface area contributed by atoms with Crippen LogP contribution < -0.4 is 11.5 Å². The number of hydrogen-bond acceptors (Lipinski definition) is 3. The van der Waals surface area contributed by atoms with Crippen molar-refractivity contribution in [3.63, 3.8) is 0 Å². The highest BCUT2D eigenvalue weighted by Gasteiger charge is 2.33. The summed E-state index contributed by atoms with van der Waals surface area (Å²) in [6.45, 7) is 6.15. The van der Waals surface area contributed by atoms with Crippen LogP contribution in [0.25, 0.3) is 0 Å². The standard InChI is InChI=1S/C16H25N3O/c1-3-16(4-2)7-9-19(10-8-16)15(20)13-6-5-12(17)11-14(13)18/h5-6,11H,3-4,7-10,17-18H2,1-2H3. The highest BCUT2D eigenvalue weighted by atomic mass is 16.2. The fourth-order valence-electron chi connectivity index (χ4n) is 3.09. The van der Waals surface area contributed by atoms with Gasteiger partial charge in [0, 0.05) is 24.5 Å². The summed E-state index contributed by atoms with van der Waals surface area (Å²) < 4.78 is 0. The van der Waals surface area contributed by atoms with Crippen molar-refractivity contribution in [1.82, 2.24) is 4.90 Å². The lowest BCUT2D eigenvalue weighted by Crippen LogP contribution is -2.43. The number of hydrogen-bond donors (Lipinski definition) is 2. The molecule has 1 fully saturated rings. The lowest BCUT2D eigenvalue weighted by Gasteiger charge is -2.41. The van der Waals surface area contributed by atoms with Gasteiger partial charge in [-0.3, -0.25) is 4.79 Å². The smallest absolute Gasteiger partial charge is 0.255 e. The van der Waals surface area contributed by atoms with Gasteiger partial charge in [0.05, 0.1) is 5.56 Å². The molecule has 0 bridgehead atoms. The molecule has 110 valence electrons. The Balaban J connectivity index is 2.09. The zero-order valence-corrected chi connectivity index (χ0v) is 12.5. The Morgan fingerprint density at radius 2 is 1.80 bits per heavy atom. The van der Waals surface area contributed by atoms with Crippen LogP contribution in [0, 0.1) is 5.41 Å². The zero-order chi connectivity index (χ0) is 14.8. The highest BCUT2D eigenvalue weighted by Crippen LogP contribution is 2.38. The van der Waals surface area contributed by atoms with Crippen molar-refractivity contribution in [2.24, 2.45) is 5.41 Å². The molecule has 1 aliphatic heterocycles. The van der Waals surface area contributed by atoms with E-state index < -0.39 is 0 Å². The van der Waals surface area contributed by atoms with E-state index in [1.54, 1.807) is 18.2 Å². The molecule has 0 atom stereocenters. The van der Waals surface area contributed by atoms with Gasteiger partial charge in [-0.15, -0.1) is 0 Å². The SMILES string of the molecule is CCC1(CC)CCN(C(=O)c2ccc(N)cc2N)CC1. The molecule has 4 nitrogen and oxygen atoms in total. The first-order valence-corrected chi connectivity index (χ1v) is 7.45. The molecule has 1 amide bonds. The van der Waals surface area contributed by atoms with Crippen molar-refractivity contribution in [2.75, 3.05) is 24.6 Å². The predicted molar refractivity (Wildman–Crippen MR) is 83.4 cm³/mol. The topological polar surface area (TPSA) is 72.3 Å². The molecule has 0 saturated carbocycles. The predicted octanol–water partition coefficient (Wildman–Crippen LogP) is 2.89. The third-order valence-electron chi connectivity index (χ3n) is 4.92. The van der Waals surface area contributed by atoms with E-state index in [0.717, 1.165) is 25.9 Å². The molecule has 0 unspecified atom stereocenters. The third kappa shape index (κ3) is 2.74. The van der Waals surface area contributed by atoms with Crippen LogP contribution in [0.4, 0.5) is 11.4 Å². The van der Waals surface area contributed by atoms with Gasteiger partial charge in [-0.1, -0.05) is 26.7 Å². The van der Waals surface area contributed by atoms with Crippen LogP contribution in [0.15, 0.2) is 18.2 Å². The van der Waals surface area contributed by atoms with E-state index in [9.17, 15) is 4.79 Å². The summed E-state index contributed by atoms with van der Waals surface area (Å²) in [7, 11) is 0. The average Bonchev–Trinajstić information content (AvgIpc) is 2.47. The molecule has 1 heterocycles. The minimum Gasteiger partial charge on any atom is -0.399 e. The van der Waals surface area contributed by atoms with Crippen LogP contribution in [0.1, 0.15) is 49.9 Å². The highest BCUT2D eigenvalue weighted by molar-refractivity contribution is 5.99. The number of anilines is 2. The molecule has 0 radical (unpaired) electrons. The maximum atomic E-state index is 12.5. The number of nitrogens with zero attached hydrogens (tertiary/aromatic N) is 1. The van der Waals surface area contributed by atoms with E-state index in [4.69, 9.17) is 11.5 Å². The van der Waals surface area contributed by atoms with Crippen molar-refractivity contribution < 1.29 is 4.79 Å². The van der Waals surface area contributed by atoms with E-state index in [2.05, 4.69) is 13.8 Å². The number of rotatable bonds is 3. The lowest BCUT2D eigenvalue weighted by molar-refractivity contribution is 0.0559. The van der Waals surface area contributed by atoms with Gasteiger partial charge in [-0.2, -0.15) is 0 Å². The number of carbonyl (C=O) groups is 1. The van der Waals surface area contributed by atoms with Gasteiger partial charge in [0.15, 0.2) is 0 Å². The fraction of sp³-hybridized carbons (Fsp3) is 0.562. The molecule has 4 heteroatoms. The first-order valence-electron chi connectivity index (χ1n) is 7.45. The quantitative estimate of drug-likeness (QED) is 0.833. The molecule has 1 aromatic carbocycles. The molecular weight excluding hydrogens is 250 g/mol. The molecule has 1 aromatic rings. The molecule has 0 spiro atoms. The van der Waals surface area contributed by atoms with Crippen LogP contribution in [0.5, 0.6) is 0 Å². The fourth-order valence-corrected chi connectivity index (χ4v) is 3.09. The first kappa shape index (κ1) is 14.7. The molecular formula is C16H25N3O. The molecule has 0 aliphatic carbocycles. The maximum Gasteiger partial charge on any atom is 0.255 e. The number of piperidine rings is 1. The Labute approximate surface area is 121 Å². The zero-order valence-electron chi connectivity index (χ0n) is 12.5. The second kappa shape index (κ2) is 5.73. The van der Waals surface area contributed by atoms with E-state index in [0.29, 0.717) is 22.4 Å². The summed E-state index contributed by atoms with van der Waals surface area (Å²) in [4.78, 5) is 14.4. The minimum atomic E-state index is 0.0308. The normalized spacial score (nSPS) is 18.0. The first-order chi connectivity index (χ1) is 9.51. The van der Waals surface area contributed by atoms with Crippen molar-refractivity contribution in [2.45, 2.75) is 39.5 Å². The van der Waals surface area contributed by atoms with Crippen LogP contribution in [-0.4, -0.2) is 23.9 Å². The summed E-state index contributed by atoms with van der Waals surface area (Å²) >= 11 is 0. The van der Waals surface area contributed by atoms with E-state index in [1.165, 1.54) is 12.8 Å². The molecule has 1 saturated heterocycles. The Morgan fingerprint density at radius 1 is 1.20 bits per heavy atom. The van der Waals surface area contributed by atoms with Crippen molar-refractivity contribution in [3.8, 4) is 0 Å². The van der Waals surface area contributed by atoms with Gasteiger partial charge in [-0.25, -0.2) is 0 Å². The van der Waals surface area contributed by atoms with Gasteiger partial charge in [0.25, 0.3) is 5.91 Å². The maximum absolute atomic E-state index is 12.5. The van der Waals surface area contributed by atoms with Crippen LogP contribution in [-0.2, 0) is 0 Å². The van der Waals surface area contributed by atoms with Crippen LogP contribution in [0.3, 0.4) is 0 Å². The minimum absolute atomic E-state index is 0.0308. The van der Waals surface area contributed by atoms with Crippen molar-refractivity contribution >= 4 is 17.3 Å². The number of likely N-dealkylation sites (tertiary alicyclic amines) is 1. The Morgan fingerprint density at radius 3 is 2.30 bits per heavy atom. The van der Waals surface area contributed by atoms with Gasteiger partial charge in [0.1, 0.15) is 0 Å². The number of benzene rings is 1. The van der Waals surface area contributed by atoms with E-state index in [1.807, 2.05) is 4.90 Å². The molecule has 20 heavy (non-hydrogen) atoms. The van der Waals surface area contributed by atoms with Gasteiger partial charge in [-0.05, 0) is 36.5 Å². The monoisotopic (exact) mass is 275 g/mol. The Bertz CT molecular complexity index is 484. The summed E-state index contributed by atoms with van der Waals surface area (Å²) in [6, 6.07) is 5.12. The van der Waals surface area contributed by atoms with Crippen LogP contribution in [0.2, 0.25) is 0 Å². The Kier molecular flexibility index (Phi) is 4.21. The molecule has 0 aromatic heterocycles. The molecule has 2 rings (SSSR count). The second-order valence-electron chi connectivity index (χ2n) is 5.85. The van der Waals surface area contributed by atoms with Crippen molar-refractivity contribution in [1.29, 1.82) is 0 Å². The molecule has 1 aliphatic rings. The largest absolute Gasteiger partial charge is 0.399 e. The second-order valence-corrected chi connectivity index (χ2v) is 5.85.